The zero-order chi connectivity index (χ0) is 32.5. The number of nitrogens with zero attached hydrogens (tertiary/aromatic N) is 2. The number of aromatic nitrogens is 1. The number of carbonyl (C=O) groups is 1. The third-order valence-corrected chi connectivity index (χ3v) is 9.51. The minimum Gasteiger partial charge on any atom is -0.489 e. The molecular formula is C34H24Cl4N2O5S. The van der Waals surface area contributed by atoms with Crippen LogP contribution in [0.1, 0.15) is 36.8 Å². The van der Waals surface area contributed by atoms with Gasteiger partial charge in [0.2, 0.25) is 0 Å². The van der Waals surface area contributed by atoms with Crippen LogP contribution in [0.2, 0.25) is 20.1 Å². The second kappa shape index (κ2) is 13.5. The molecule has 7 nitrogen and oxygen atoms in total. The van der Waals surface area contributed by atoms with Crippen molar-refractivity contribution < 1.29 is 18.7 Å². The molecule has 0 saturated carbocycles. The number of ether oxygens (including phenoxy) is 2. The smallest absolute Gasteiger partial charge is 0.338 e. The quantitative estimate of drug-likeness (QED) is 0.151. The summed E-state index contributed by atoms with van der Waals surface area (Å²) in [7, 11) is 0. The molecule has 46 heavy (non-hydrogen) atoms. The number of furan rings is 1. The van der Waals surface area contributed by atoms with E-state index in [4.69, 9.17) is 60.3 Å². The highest BCUT2D eigenvalue weighted by Crippen LogP contribution is 2.35. The van der Waals surface area contributed by atoms with Gasteiger partial charge in [0.05, 0.1) is 32.5 Å². The van der Waals surface area contributed by atoms with Gasteiger partial charge in [0.25, 0.3) is 5.56 Å². The van der Waals surface area contributed by atoms with Crippen molar-refractivity contribution in [2.45, 2.75) is 26.5 Å². The summed E-state index contributed by atoms with van der Waals surface area (Å²) >= 11 is 25.8. The number of allylic oxidation sites excluding steroid dienone is 1. The Labute approximate surface area is 287 Å². The highest BCUT2D eigenvalue weighted by molar-refractivity contribution is 7.07. The standard InChI is InChI=1S/C34H24Cl4N2O5S/c1-3-43-33(42)30-18(2)39-34-40(31(30)28-13-12-27(45-28)20-7-11-24(36)26(38)15-20)32(41)29(46-34)14-19-4-9-23(10-5-19)44-17-21-6-8-22(35)16-25(21)37/h4-16,31H,3,17H2,1-2H3/b29-14-/t31-/m1/s1. The number of hydrogen-bond acceptors (Lipinski definition) is 7. The largest absolute Gasteiger partial charge is 0.489 e. The van der Waals surface area contributed by atoms with E-state index in [2.05, 4.69) is 4.99 Å². The van der Waals surface area contributed by atoms with Crippen LogP contribution < -0.4 is 19.6 Å². The molecule has 0 fully saturated rings. The first-order valence-electron chi connectivity index (χ1n) is 14.0. The summed E-state index contributed by atoms with van der Waals surface area (Å²) in [6.45, 7) is 3.87. The van der Waals surface area contributed by atoms with Gasteiger partial charge in [-0.25, -0.2) is 9.79 Å². The number of halogens is 4. The third-order valence-electron chi connectivity index (χ3n) is 7.20. The normalized spacial score (nSPS) is 14.7. The average molecular weight is 714 g/mol. The molecule has 0 amide bonds. The van der Waals surface area contributed by atoms with Crippen LogP contribution in [0.3, 0.4) is 0 Å². The van der Waals surface area contributed by atoms with E-state index >= 15 is 0 Å². The molecule has 12 heteroatoms. The molecule has 3 heterocycles. The fourth-order valence-corrected chi connectivity index (χ4v) is 6.78. The summed E-state index contributed by atoms with van der Waals surface area (Å²) in [6, 6.07) is 20.3. The second-order valence-electron chi connectivity index (χ2n) is 10.2. The van der Waals surface area contributed by atoms with Crippen LogP contribution >= 0.6 is 57.7 Å². The van der Waals surface area contributed by atoms with Crippen LogP contribution in [0, 0.1) is 0 Å². The minimum absolute atomic E-state index is 0.159. The van der Waals surface area contributed by atoms with Crippen LogP contribution in [-0.4, -0.2) is 17.1 Å². The van der Waals surface area contributed by atoms with Crippen molar-refractivity contribution in [2.75, 3.05) is 6.61 Å². The van der Waals surface area contributed by atoms with E-state index in [1.54, 1.807) is 62.4 Å². The predicted octanol–water partition coefficient (Wildman–Crippen LogP) is 8.25. The van der Waals surface area contributed by atoms with Crippen molar-refractivity contribution >= 4 is 69.8 Å². The molecule has 5 aromatic rings. The highest BCUT2D eigenvalue weighted by atomic mass is 35.5. The highest BCUT2D eigenvalue weighted by Gasteiger charge is 2.35. The van der Waals surface area contributed by atoms with E-state index in [-0.39, 0.29) is 24.3 Å². The molecule has 0 unspecified atom stereocenters. The summed E-state index contributed by atoms with van der Waals surface area (Å²) in [6.07, 6.45) is 1.77. The molecule has 0 bridgehead atoms. The lowest BCUT2D eigenvalue weighted by Crippen LogP contribution is -2.39. The second-order valence-corrected chi connectivity index (χ2v) is 12.9. The number of fused-ring (bicyclic) bond motifs is 1. The number of esters is 1. The van der Waals surface area contributed by atoms with Gasteiger partial charge < -0.3 is 13.9 Å². The summed E-state index contributed by atoms with van der Waals surface area (Å²) in [5, 5.41) is 1.87. The Morgan fingerprint density at radius 1 is 0.978 bits per heavy atom. The first-order chi connectivity index (χ1) is 22.1. The van der Waals surface area contributed by atoms with E-state index < -0.39 is 12.0 Å². The number of hydrogen-bond donors (Lipinski definition) is 0. The number of thiazole rings is 1. The van der Waals surface area contributed by atoms with Gasteiger partial charge >= 0.3 is 5.97 Å². The molecule has 0 radical (unpaired) electrons. The van der Waals surface area contributed by atoms with Crippen molar-refractivity contribution in [3.63, 3.8) is 0 Å². The molecule has 0 spiro atoms. The van der Waals surface area contributed by atoms with Gasteiger partial charge in [-0.3, -0.25) is 9.36 Å². The van der Waals surface area contributed by atoms with Crippen molar-refractivity contribution in [1.82, 2.24) is 4.57 Å². The monoisotopic (exact) mass is 712 g/mol. The Balaban J connectivity index is 1.35. The Morgan fingerprint density at radius 2 is 1.76 bits per heavy atom. The summed E-state index contributed by atoms with van der Waals surface area (Å²) in [4.78, 5) is 32.2. The van der Waals surface area contributed by atoms with Gasteiger partial charge in [-0.1, -0.05) is 75.9 Å². The van der Waals surface area contributed by atoms with Crippen molar-refractivity contribution in [2.24, 2.45) is 4.99 Å². The predicted molar refractivity (Wildman–Crippen MR) is 182 cm³/mol. The molecule has 0 aliphatic carbocycles. The van der Waals surface area contributed by atoms with Crippen LogP contribution in [0.5, 0.6) is 5.75 Å². The molecular weight excluding hydrogens is 690 g/mol. The fraction of sp³-hybridized carbons (Fsp3) is 0.147. The van der Waals surface area contributed by atoms with E-state index in [1.807, 2.05) is 30.3 Å². The maximum atomic E-state index is 14.0. The lowest BCUT2D eigenvalue weighted by atomic mass is 10.0. The Morgan fingerprint density at radius 3 is 2.48 bits per heavy atom. The lowest BCUT2D eigenvalue weighted by molar-refractivity contribution is -0.139. The Kier molecular flexibility index (Phi) is 9.45. The van der Waals surface area contributed by atoms with E-state index in [0.717, 1.165) is 11.1 Å². The van der Waals surface area contributed by atoms with Gasteiger partial charge in [0.1, 0.15) is 29.9 Å². The molecule has 2 aromatic heterocycles. The van der Waals surface area contributed by atoms with Gasteiger partial charge in [-0.2, -0.15) is 0 Å². The number of rotatable bonds is 8. The zero-order valence-electron chi connectivity index (χ0n) is 24.4. The SMILES string of the molecule is CCOC(=O)C1=C(C)N=c2s/c(=C\c3ccc(OCc4ccc(Cl)cc4Cl)cc3)c(=O)n2[C@@H]1c1ccc(-c2ccc(Cl)c(Cl)c2)o1. The zero-order valence-corrected chi connectivity index (χ0v) is 28.2. The topological polar surface area (TPSA) is 83.0 Å². The molecule has 1 atom stereocenters. The van der Waals surface area contributed by atoms with Crippen LogP contribution in [0.25, 0.3) is 17.4 Å². The van der Waals surface area contributed by atoms with E-state index in [1.165, 1.54) is 15.9 Å². The maximum Gasteiger partial charge on any atom is 0.338 e. The summed E-state index contributed by atoms with van der Waals surface area (Å²) < 4.78 is 19.4. The van der Waals surface area contributed by atoms with Crippen LogP contribution in [0.15, 0.2) is 98.3 Å². The van der Waals surface area contributed by atoms with Gasteiger partial charge in [0, 0.05) is 21.2 Å². The maximum absolute atomic E-state index is 14.0. The Hall–Kier alpha value is -3.79. The van der Waals surface area contributed by atoms with Crippen molar-refractivity contribution in [1.29, 1.82) is 0 Å². The van der Waals surface area contributed by atoms with Gasteiger partial charge in [-0.15, -0.1) is 0 Å². The number of benzene rings is 3. The molecule has 0 N–H and O–H groups in total. The summed E-state index contributed by atoms with van der Waals surface area (Å²) in [5.41, 5.74) is 2.61. The first-order valence-corrected chi connectivity index (χ1v) is 16.4. The van der Waals surface area contributed by atoms with Crippen LogP contribution in [0.4, 0.5) is 0 Å². The number of carbonyl (C=O) groups excluding carboxylic acids is 1. The lowest BCUT2D eigenvalue weighted by Gasteiger charge is -2.22. The Bertz CT molecular complexity index is 2180. The van der Waals surface area contributed by atoms with Gasteiger partial charge in [0.15, 0.2) is 4.80 Å². The summed E-state index contributed by atoms with van der Waals surface area (Å²) in [5.74, 6) is 0.920. The average Bonchev–Trinajstić information content (AvgIpc) is 3.63. The van der Waals surface area contributed by atoms with Crippen LogP contribution in [-0.2, 0) is 16.1 Å². The van der Waals surface area contributed by atoms with Gasteiger partial charge in [-0.05, 0) is 80.1 Å². The minimum atomic E-state index is -0.899. The van der Waals surface area contributed by atoms with E-state index in [9.17, 15) is 9.59 Å². The molecule has 1 aliphatic heterocycles. The molecule has 3 aromatic carbocycles. The third kappa shape index (κ3) is 6.54. The molecule has 234 valence electrons. The van der Waals surface area contributed by atoms with Crippen molar-refractivity contribution in [3.8, 4) is 17.1 Å². The van der Waals surface area contributed by atoms with E-state index in [0.29, 0.717) is 58.0 Å². The van der Waals surface area contributed by atoms with Crippen molar-refractivity contribution in [3.05, 3.63) is 141 Å². The fourth-order valence-electron chi connectivity index (χ4n) is 4.98. The first kappa shape index (κ1) is 32.2. The molecule has 1 aliphatic rings. The molecule has 6 rings (SSSR count). The molecule has 0 saturated heterocycles.